The van der Waals surface area contributed by atoms with Gasteiger partial charge in [0.15, 0.2) is 0 Å². The Morgan fingerprint density at radius 2 is 1.92 bits per heavy atom. The summed E-state index contributed by atoms with van der Waals surface area (Å²) in [6.45, 7) is 0.238. The van der Waals surface area contributed by atoms with Gasteiger partial charge in [0.1, 0.15) is 0 Å². The van der Waals surface area contributed by atoms with Crippen LogP contribution in [0.4, 0.5) is 5.69 Å². The molecular weight excluding hydrogens is 162 g/mol. The van der Waals surface area contributed by atoms with E-state index in [2.05, 4.69) is 5.32 Å². The Hall–Kier alpha value is -1.02. The minimum Gasteiger partial charge on any atom is -0.394 e. The fourth-order valence-electron chi connectivity index (χ4n) is 1.75. The molecule has 0 saturated heterocycles. The van der Waals surface area contributed by atoms with Crippen molar-refractivity contribution in [2.24, 2.45) is 0 Å². The van der Waals surface area contributed by atoms with Gasteiger partial charge < -0.3 is 10.4 Å². The zero-order valence-electron chi connectivity index (χ0n) is 7.66. The Morgan fingerprint density at radius 1 is 1.23 bits per heavy atom. The normalized spacial score (nSPS) is 19.2. The second kappa shape index (κ2) is 3.38. The topological polar surface area (TPSA) is 32.3 Å². The van der Waals surface area contributed by atoms with Crippen LogP contribution in [0.5, 0.6) is 0 Å². The molecule has 1 aliphatic carbocycles. The lowest BCUT2D eigenvalue weighted by atomic mass is 9.77. The number of rotatable bonds is 3. The highest BCUT2D eigenvalue weighted by Gasteiger charge is 2.35. The van der Waals surface area contributed by atoms with E-state index < -0.39 is 0 Å². The minimum absolute atomic E-state index is 0.0264. The first-order valence-electron chi connectivity index (χ1n) is 4.79. The first-order chi connectivity index (χ1) is 6.35. The van der Waals surface area contributed by atoms with E-state index in [0.29, 0.717) is 0 Å². The van der Waals surface area contributed by atoms with E-state index in [-0.39, 0.29) is 12.1 Å². The van der Waals surface area contributed by atoms with Gasteiger partial charge in [-0.1, -0.05) is 18.2 Å². The molecule has 0 aliphatic heterocycles. The zero-order valence-corrected chi connectivity index (χ0v) is 7.66. The number of aliphatic hydroxyl groups excluding tert-OH is 1. The van der Waals surface area contributed by atoms with Crippen molar-refractivity contribution in [3.05, 3.63) is 30.3 Å². The molecule has 1 aromatic carbocycles. The van der Waals surface area contributed by atoms with Crippen LogP contribution < -0.4 is 5.32 Å². The summed E-state index contributed by atoms with van der Waals surface area (Å²) in [7, 11) is 0. The first kappa shape index (κ1) is 8.57. The summed E-state index contributed by atoms with van der Waals surface area (Å²) in [4.78, 5) is 0. The molecule has 0 radical (unpaired) electrons. The summed E-state index contributed by atoms with van der Waals surface area (Å²) in [5.74, 6) is 0. The number of hydrogen-bond donors (Lipinski definition) is 2. The van der Waals surface area contributed by atoms with Crippen molar-refractivity contribution in [1.29, 1.82) is 0 Å². The van der Waals surface area contributed by atoms with Crippen molar-refractivity contribution in [2.45, 2.75) is 24.8 Å². The minimum atomic E-state index is -0.0264. The fourth-order valence-corrected chi connectivity index (χ4v) is 1.75. The highest BCUT2D eigenvalue weighted by atomic mass is 16.3. The molecule has 0 aromatic heterocycles. The summed E-state index contributed by atoms with van der Waals surface area (Å²) < 4.78 is 0. The molecular formula is C11H15NO. The Kier molecular flexibility index (Phi) is 2.23. The van der Waals surface area contributed by atoms with Crippen LogP contribution >= 0.6 is 0 Å². The van der Waals surface area contributed by atoms with Crippen LogP contribution in [0.25, 0.3) is 0 Å². The lowest BCUT2D eigenvalue weighted by Gasteiger charge is -2.41. The predicted molar refractivity (Wildman–Crippen MR) is 53.7 cm³/mol. The Bertz CT molecular complexity index is 261. The average molecular weight is 177 g/mol. The van der Waals surface area contributed by atoms with Crippen LogP contribution in [-0.2, 0) is 0 Å². The third kappa shape index (κ3) is 1.68. The molecule has 70 valence electrons. The highest BCUT2D eigenvalue weighted by molar-refractivity contribution is 5.45. The van der Waals surface area contributed by atoms with Crippen LogP contribution in [0.1, 0.15) is 19.3 Å². The Balaban J connectivity index is 2.05. The molecule has 1 aromatic rings. The summed E-state index contributed by atoms with van der Waals surface area (Å²) in [6.07, 6.45) is 3.39. The lowest BCUT2D eigenvalue weighted by Crippen LogP contribution is -2.48. The van der Waals surface area contributed by atoms with Crippen molar-refractivity contribution in [2.75, 3.05) is 11.9 Å². The van der Waals surface area contributed by atoms with Crippen LogP contribution in [-0.4, -0.2) is 17.3 Å². The van der Waals surface area contributed by atoms with E-state index in [4.69, 9.17) is 0 Å². The molecule has 2 nitrogen and oxygen atoms in total. The molecule has 1 fully saturated rings. The number of para-hydroxylation sites is 1. The smallest absolute Gasteiger partial charge is 0.0661 e. The third-order valence-corrected chi connectivity index (χ3v) is 2.80. The van der Waals surface area contributed by atoms with E-state index in [1.807, 2.05) is 30.3 Å². The number of aliphatic hydroxyl groups is 1. The molecule has 0 bridgehead atoms. The quantitative estimate of drug-likeness (QED) is 0.740. The fraction of sp³-hybridized carbons (Fsp3) is 0.455. The summed E-state index contributed by atoms with van der Waals surface area (Å²) in [5, 5.41) is 12.6. The van der Waals surface area contributed by atoms with E-state index in [9.17, 15) is 5.11 Å². The van der Waals surface area contributed by atoms with Gasteiger partial charge in [0.2, 0.25) is 0 Å². The highest BCUT2D eigenvalue weighted by Crippen LogP contribution is 2.34. The van der Waals surface area contributed by atoms with Gasteiger partial charge in [-0.3, -0.25) is 0 Å². The van der Waals surface area contributed by atoms with Gasteiger partial charge in [0.05, 0.1) is 12.1 Å². The standard InChI is InChI=1S/C11H15NO/c13-9-11(7-4-8-11)12-10-5-2-1-3-6-10/h1-3,5-6,12-13H,4,7-9H2. The van der Waals surface area contributed by atoms with Crippen molar-refractivity contribution in [3.8, 4) is 0 Å². The molecule has 1 aliphatic rings. The van der Waals surface area contributed by atoms with Crippen molar-refractivity contribution >= 4 is 5.69 Å². The average Bonchev–Trinajstić information content (AvgIpc) is 2.13. The van der Waals surface area contributed by atoms with Crippen LogP contribution in [0, 0.1) is 0 Å². The second-order valence-electron chi connectivity index (χ2n) is 3.78. The maximum absolute atomic E-state index is 9.24. The van der Waals surface area contributed by atoms with E-state index in [1.54, 1.807) is 0 Å². The molecule has 0 amide bonds. The van der Waals surface area contributed by atoms with Gasteiger partial charge in [-0.25, -0.2) is 0 Å². The van der Waals surface area contributed by atoms with Gasteiger partial charge in [-0.15, -0.1) is 0 Å². The predicted octanol–water partition coefficient (Wildman–Crippen LogP) is 2.01. The molecule has 2 rings (SSSR count). The number of benzene rings is 1. The van der Waals surface area contributed by atoms with Gasteiger partial charge in [0.25, 0.3) is 0 Å². The van der Waals surface area contributed by atoms with E-state index in [1.165, 1.54) is 6.42 Å². The van der Waals surface area contributed by atoms with Gasteiger partial charge in [-0.05, 0) is 31.4 Å². The monoisotopic (exact) mass is 177 g/mol. The SMILES string of the molecule is OCC1(Nc2ccccc2)CCC1. The maximum Gasteiger partial charge on any atom is 0.0661 e. The first-order valence-corrected chi connectivity index (χ1v) is 4.79. The van der Waals surface area contributed by atoms with E-state index >= 15 is 0 Å². The van der Waals surface area contributed by atoms with Gasteiger partial charge >= 0.3 is 0 Å². The lowest BCUT2D eigenvalue weighted by molar-refractivity contribution is 0.144. The van der Waals surface area contributed by atoms with E-state index in [0.717, 1.165) is 18.5 Å². The maximum atomic E-state index is 9.24. The molecule has 2 heteroatoms. The van der Waals surface area contributed by atoms with Crippen molar-refractivity contribution in [1.82, 2.24) is 0 Å². The molecule has 0 spiro atoms. The van der Waals surface area contributed by atoms with Gasteiger partial charge in [-0.2, -0.15) is 0 Å². The molecule has 0 heterocycles. The Morgan fingerprint density at radius 3 is 2.38 bits per heavy atom. The Labute approximate surface area is 78.6 Å². The largest absolute Gasteiger partial charge is 0.394 e. The zero-order chi connectivity index (χ0) is 9.15. The number of anilines is 1. The molecule has 1 saturated carbocycles. The second-order valence-corrected chi connectivity index (χ2v) is 3.78. The summed E-state index contributed by atoms with van der Waals surface area (Å²) in [5.41, 5.74) is 1.08. The van der Waals surface area contributed by atoms with Crippen LogP contribution in [0.3, 0.4) is 0 Å². The van der Waals surface area contributed by atoms with Crippen LogP contribution in [0.2, 0.25) is 0 Å². The molecule has 13 heavy (non-hydrogen) atoms. The summed E-state index contributed by atoms with van der Waals surface area (Å²) in [6, 6.07) is 10.1. The molecule has 0 unspecified atom stereocenters. The number of nitrogens with one attached hydrogen (secondary N) is 1. The molecule has 2 N–H and O–H groups in total. The van der Waals surface area contributed by atoms with Crippen molar-refractivity contribution < 1.29 is 5.11 Å². The van der Waals surface area contributed by atoms with Gasteiger partial charge in [0, 0.05) is 5.69 Å². The van der Waals surface area contributed by atoms with Crippen molar-refractivity contribution in [3.63, 3.8) is 0 Å². The number of hydrogen-bond acceptors (Lipinski definition) is 2. The van der Waals surface area contributed by atoms with Crippen LogP contribution in [0.15, 0.2) is 30.3 Å². The third-order valence-electron chi connectivity index (χ3n) is 2.80. The summed E-state index contributed by atoms with van der Waals surface area (Å²) >= 11 is 0. The molecule has 0 atom stereocenters.